The first-order chi connectivity index (χ1) is 13.5. The number of aryl methyl sites for hydroxylation is 1. The van der Waals surface area contributed by atoms with Gasteiger partial charge in [-0.15, -0.1) is 0 Å². The normalized spacial score (nSPS) is 18.2. The Morgan fingerprint density at radius 1 is 1.07 bits per heavy atom. The van der Waals surface area contributed by atoms with Crippen LogP contribution < -0.4 is 9.64 Å². The molecular formula is C22H20ClN3O2. The lowest BCUT2D eigenvalue weighted by Gasteiger charge is -2.44. The van der Waals surface area contributed by atoms with Gasteiger partial charge in [0, 0.05) is 31.0 Å². The highest BCUT2D eigenvalue weighted by Crippen LogP contribution is 2.41. The molecule has 0 unspecified atom stereocenters. The van der Waals surface area contributed by atoms with Crippen molar-refractivity contribution in [1.82, 2.24) is 9.97 Å². The molecule has 1 aromatic heterocycles. The van der Waals surface area contributed by atoms with Crippen LogP contribution in [0, 0.1) is 6.92 Å². The number of fused-ring (bicyclic) bond motifs is 2. The summed E-state index contributed by atoms with van der Waals surface area (Å²) in [7, 11) is 0. The fourth-order valence-electron chi connectivity index (χ4n) is 4.25. The number of ketones is 1. The molecule has 3 aromatic rings. The highest BCUT2D eigenvalue weighted by Gasteiger charge is 2.43. The molecule has 0 amide bonds. The van der Waals surface area contributed by atoms with Crippen molar-refractivity contribution in [3.05, 3.63) is 58.7 Å². The van der Waals surface area contributed by atoms with Crippen molar-refractivity contribution in [2.45, 2.75) is 31.8 Å². The van der Waals surface area contributed by atoms with Gasteiger partial charge in [0.25, 0.3) is 0 Å². The molecule has 0 saturated carbocycles. The summed E-state index contributed by atoms with van der Waals surface area (Å²) in [4.78, 5) is 24.5. The third kappa shape index (κ3) is 2.90. The van der Waals surface area contributed by atoms with Gasteiger partial charge in [0.15, 0.2) is 11.6 Å². The lowest BCUT2D eigenvalue weighted by molar-refractivity contribution is 0.0231. The van der Waals surface area contributed by atoms with Gasteiger partial charge in [0.05, 0.1) is 28.7 Å². The number of halogens is 1. The Morgan fingerprint density at radius 3 is 2.54 bits per heavy atom. The molecule has 0 radical (unpaired) electrons. The zero-order valence-electron chi connectivity index (χ0n) is 15.6. The number of carbonyl (C=O) groups is 1. The first kappa shape index (κ1) is 17.4. The van der Waals surface area contributed by atoms with Crippen molar-refractivity contribution in [3.8, 4) is 5.75 Å². The summed E-state index contributed by atoms with van der Waals surface area (Å²) < 4.78 is 6.33. The van der Waals surface area contributed by atoms with E-state index in [-0.39, 0.29) is 5.78 Å². The number of hydrogen-bond acceptors (Lipinski definition) is 5. The van der Waals surface area contributed by atoms with Gasteiger partial charge in [-0.1, -0.05) is 23.7 Å². The van der Waals surface area contributed by atoms with E-state index in [1.165, 1.54) is 0 Å². The summed E-state index contributed by atoms with van der Waals surface area (Å²) in [6, 6.07) is 13.2. The van der Waals surface area contributed by atoms with Crippen LogP contribution in [0.4, 0.5) is 5.82 Å². The third-order valence-corrected chi connectivity index (χ3v) is 5.98. The van der Waals surface area contributed by atoms with E-state index < -0.39 is 5.60 Å². The third-order valence-electron chi connectivity index (χ3n) is 5.75. The average Bonchev–Trinajstić information content (AvgIpc) is 2.69. The molecule has 142 valence electrons. The molecule has 0 bridgehead atoms. The SMILES string of the molecule is Cc1nc2ccccc2nc1N1CCC2(CC1)CC(=O)c1cc(Cl)ccc1O2. The van der Waals surface area contributed by atoms with E-state index in [0.717, 1.165) is 48.5 Å². The van der Waals surface area contributed by atoms with Crippen molar-refractivity contribution in [1.29, 1.82) is 0 Å². The summed E-state index contributed by atoms with van der Waals surface area (Å²) >= 11 is 6.04. The number of carbonyl (C=O) groups excluding carboxylic acids is 1. The van der Waals surface area contributed by atoms with E-state index in [0.29, 0.717) is 22.8 Å². The Kier molecular flexibility index (Phi) is 4.02. The molecule has 0 aliphatic carbocycles. The van der Waals surface area contributed by atoms with Crippen LogP contribution in [-0.2, 0) is 0 Å². The zero-order valence-corrected chi connectivity index (χ0v) is 16.4. The topological polar surface area (TPSA) is 55.3 Å². The van der Waals surface area contributed by atoms with Crippen molar-refractivity contribution in [2.24, 2.45) is 0 Å². The van der Waals surface area contributed by atoms with Crippen LogP contribution >= 0.6 is 11.6 Å². The number of rotatable bonds is 1. The van der Waals surface area contributed by atoms with Crippen LogP contribution in [0.3, 0.4) is 0 Å². The molecule has 2 aliphatic rings. The number of para-hydroxylation sites is 2. The number of Topliss-reactive ketones (excluding diaryl/α,β-unsaturated/α-hetero) is 1. The number of anilines is 1. The van der Waals surface area contributed by atoms with Crippen LogP contribution in [0.1, 0.15) is 35.3 Å². The smallest absolute Gasteiger partial charge is 0.170 e. The van der Waals surface area contributed by atoms with Gasteiger partial charge in [-0.3, -0.25) is 4.79 Å². The maximum absolute atomic E-state index is 12.7. The maximum Gasteiger partial charge on any atom is 0.170 e. The molecule has 1 spiro atoms. The first-order valence-corrected chi connectivity index (χ1v) is 9.91. The quantitative estimate of drug-likeness (QED) is 0.605. The summed E-state index contributed by atoms with van der Waals surface area (Å²) in [5, 5.41) is 0.562. The highest BCUT2D eigenvalue weighted by atomic mass is 35.5. The molecule has 1 saturated heterocycles. The van der Waals surface area contributed by atoms with Gasteiger partial charge in [-0.2, -0.15) is 0 Å². The fraction of sp³-hybridized carbons (Fsp3) is 0.318. The Hall–Kier alpha value is -2.66. The minimum atomic E-state index is -0.438. The van der Waals surface area contributed by atoms with Crippen LogP contribution in [-0.4, -0.2) is 34.4 Å². The standard InChI is InChI=1S/C22H20ClN3O2/c1-14-21(25-18-5-3-2-4-17(18)24-14)26-10-8-22(9-11-26)13-19(27)16-12-15(23)6-7-20(16)28-22/h2-7,12H,8-11,13H2,1H3. The number of nitrogens with zero attached hydrogens (tertiary/aromatic N) is 3. The number of piperidine rings is 1. The highest BCUT2D eigenvalue weighted by molar-refractivity contribution is 6.31. The van der Waals surface area contributed by atoms with Crippen LogP contribution in [0.25, 0.3) is 11.0 Å². The molecule has 3 heterocycles. The first-order valence-electron chi connectivity index (χ1n) is 9.53. The van der Waals surface area contributed by atoms with E-state index >= 15 is 0 Å². The number of hydrogen-bond donors (Lipinski definition) is 0. The molecule has 0 N–H and O–H groups in total. The van der Waals surface area contributed by atoms with Crippen molar-refractivity contribution >= 4 is 34.2 Å². The molecular weight excluding hydrogens is 374 g/mol. The Labute approximate surface area is 168 Å². The van der Waals surface area contributed by atoms with Crippen molar-refractivity contribution in [2.75, 3.05) is 18.0 Å². The minimum Gasteiger partial charge on any atom is -0.486 e. The van der Waals surface area contributed by atoms with E-state index in [4.69, 9.17) is 26.3 Å². The van der Waals surface area contributed by atoms with Gasteiger partial charge in [0.1, 0.15) is 11.4 Å². The van der Waals surface area contributed by atoms with Gasteiger partial charge >= 0.3 is 0 Å². The van der Waals surface area contributed by atoms with Gasteiger partial charge in [0.2, 0.25) is 0 Å². The maximum atomic E-state index is 12.7. The van der Waals surface area contributed by atoms with E-state index in [1.54, 1.807) is 12.1 Å². The lowest BCUT2D eigenvalue weighted by Crippen LogP contribution is -2.51. The van der Waals surface area contributed by atoms with E-state index in [1.807, 2.05) is 37.3 Å². The van der Waals surface area contributed by atoms with Crippen LogP contribution in [0.5, 0.6) is 5.75 Å². The lowest BCUT2D eigenvalue weighted by atomic mass is 9.82. The molecule has 6 heteroatoms. The van der Waals surface area contributed by atoms with Crippen LogP contribution in [0.15, 0.2) is 42.5 Å². The second-order valence-corrected chi connectivity index (χ2v) is 8.07. The second kappa shape index (κ2) is 6.45. The number of ether oxygens (including phenoxy) is 1. The Morgan fingerprint density at radius 2 is 1.79 bits per heavy atom. The van der Waals surface area contributed by atoms with Gasteiger partial charge in [-0.25, -0.2) is 9.97 Å². The Bertz CT molecular complexity index is 1090. The molecule has 2 aromatic carbocycles. The molecule has 0 atom stereocenters. The molecule has 5 rings (SSSR count). The average molecular weight is 394 g/mol. The minimum absolute atomic E-state index is 0.110. The monoisotopic (exact) mass is 393 g/mol. The van der Waals surface area contributed by atoms with Crippen molar-refractivity contribution < 1.29 is 9.53 Å². The second-order valence-electron chi connectivity index (χ2n) is 7.63. The summed E-state index contributed by atoms with van der Waals surface area (Å²) in [6.45, 7) is 3.56. The van der Waals surface area contributed by atoms with Gasteiger partial charge < -0.3 is 9.64 Å². The largest absolute Gasteiger partial charge is 0.486 e. The Balaban J connectivity index is 1.39. The molecule has 28 heavy (non-hydrogen) atoms. The fourth-order valence-corrected chi connectivity index (χ4v) is 4.42. The predicted octanol–water partition coefficient (Wildman–Crippen LogP) is 4.60. The van der Waals surface area contributed by atoms with E-state index in [9.17, 15) is 4.79 Å². The number of aromatic nitrogens is 2. The zero-order chi connectivity index (χ0) is 19.3. The number of benzene rings is 2. The van der Waals surface area contributed by atoms with Crippen molar-refractivity contribution in [3.63, 3.8) is 0 Å². The van der Waals surface area contributed by atoms with Crippen LogP contribution in [0.2, 0.25) is 5.02 Å². The molecule has 2 aliphatic heterocycles. The molecule has 1 fully saturated rings. The summed E-state index contributed by atoms with van der Waals surface area (Å²) in [6.07, 6.45) is 1.94. The summed E-state index contributed by atoms with van der Waals surface area (Å²) in [5.74, 6) is 1.68. The van der Waals surface area contributed by atoms with Gasteiger partial charge in [-0.05, 0) is 37.3 Å². The predicted molar refractivity (Wildman–Crippen MR) is 109 cm³/mol. The molecule has 5 nitrogen and oxygen atoms in total. The summed E-state index contributed by atoms with van der Waals surface area (Å²) in [5.41, 5.74) is 2.89. The van der Waals surface area contributed by atoms with E-state index in [2.05, 4.69) is 4.90 Å².